The Morgan fingerprint density at radius 3 is 2.10 bits per heavy atom. The molecule has 0 bridgehead atoms. The predicted molar refractivity (Wildman–Crippen MR) is 105 cm³/mol. The van der Waals surface area contributed by atoms with E-state index in [1.165, 1.54) is 41.6 Å². The lowest BCUT2D eigenvalue weighted by Gasteiger charge is -2.15. The van der Waals surface area contributed by atoms with E-state index in [1.807, 2.05) is 0 Å². The minimum Gasteiger partial charge on any atom is -0.481 e. The van der Waals surface area contributed by atoms with Crippen molar-refractivity contribution in [3.05, 3.63) is 67.0 Å². The van der Waals surface area contributed by atoms with Gasteiger partial charge in [-0.15, -0.1) is 0 Å². The van der Waals surface area contributed by atoms with Gasteiger partial charge in [0, 0.05) is 11.4 Å². The molecule has 3 aromatic rings. The van der Waals surface area contributed by atoms with E-state index in [2.05, 4.69) is 20.7 Å². The number of nitrogens with zero attached hydrogens (tertiary/aromatic N) is 3. The Balaban J connectivity index is 1.53. The van der Waals surface area contributed by atoms with Gasteiger partial charge in [-0.25, -0.2) is 14.1 Å². The van der Waals surface area contributed by atoms with Crippen LogP contribution in [0.25, 0.3) is 0 Å². The third kappa shape index (κ3) is 5.38. The fourth-order valence-electron chi connectivity index (χ4n) is 2.44. The van der Waals surface area contributed by atoms with E-state index < -0.39 is 12.1 Å². The zero-order chi connectivity index (χ0) is 20.8. The summed E-state index contributed by atoms with van der Waals surface area (Å²) < 4.78 is 19.9. The molecule has 2 amide bonds. The maximum Gasteiger partial charge on any atom is 0.265 e. The molecule has 2 aromatic carbocycles. The SMILES string of the molecule is CC(Oc1ccc(F)cc1)C(=O)Nc1ccc(NC(=O)C(C)n2cncn2)cc1. The summed E-state index contributed by atoms with van der Waals surface area (Å²) in [5.74, 6) is -0.578. The van der Waals surface area contributed by atoms with E-state index in [4.69, 9.17) is 4.74 Å². The average Bonchev–Trinajstić information content (AvgIpc) is 3.25. The number of anilines is 2. The monoisotopic (exact) mass is 397 g/mol. The zero-order valence-electron chi connectivity index (χ0n) is 15.9. The third-order valence-corrected chi connectivity index (χ3v) is 4.13. The molecule has 3 rings (SSSR count). The minimum absolute atomic E-state index is 0.242. The largest absolute Gasteiger partial charge is 0.481 e. The molecule has 0 fully saturated rings. The predicted octanol–water partition coefficient (Wildman–Crippen LogP) is 3.02. The number of carbonyl (C=O) groups excluding carboxylic acids is 2. The fraction of sp³-hybridized carbons (Fsp3) is 0.200. The summed E-state index contributed by atoms with van der Waals surface area (Å²) in [6.45, 7) is 3.31. The van der Waals surface area contributed by atoms with Gasteiger partial charge in [0.05, 0.1) is 0 Å². The van der Waals surface area contributed by atoms with Gasteiger partial charge in [-0.2, -0.15) is 5.10 Å². The molecule has 1 heterocycles. The van der Waals surface area contributed by atoms with Crippen LogP contribution in [-0.4, -0.2) is 32.7 Å². The summed E-state index contributed by atoms with van der Waals surface area (Å²) in [5, 5.41) is 9.44. The number of hydrogen-bond acceptors (Lipinski definition) is 5. The van der Waals surface area contributed by atoms with Crippen LogP contribution < -0.4 is 15.4 Å². The number of amides is 2. The van der Waals surface area contributed by atoms with Gasteiger partial charge in [0.2, 0.25) is 5.91 Å². The summed E-state index contributed by atoms with van der Waals surface area (Å²) in [6.07, 6.45) is 2.06. The molecule has 0 saturated heterocycles. The normalized spacial score (nSPS) is 12.7. The van der Waals surface area contributed by atoms with Gasteiger partial charge in [-0.05, 0) is 62.4 Å². The van der Waals surface area contributed by atoms with Crippen molar-refractivity contribution in [3.8, 4) is 5.75 Å². The fourth-order valence-corrected chi connectivity index (χ4v) is 2.44. The third-order valence-electron chi connectivity index (χ3n) is 4.13. The molecular weight excluding hydrogens is 377 g/mol. The molecule has 0 aliphatic heterocycles. The first-order valence-corrected chi connectivity index (χ1v) is 8.90. The summed E-state index contributed by atoms with van der Waals surface area (Å²) in [4.78, 5) is 28.3. The number of carbonyl (C=O) groups is 2. The summed E-state index contributed by atoms with van der Waals surface area (Å²) in [6, 6.07) is 11.6. The Labute approximate surface area is 166 Å². The second kappa shape index (κ2) is 8.96. The van der Waals surface area contributed by atoms with E-state index in [0.717, 1.165) is 0 Å². The van der Waals surface area contributed by atoms with Crippen LogP contribution in [-0.2, 0) is 9.59 Å². The molecule has 0 spiro atoms. The van der Waals surface area contributed by atoms with Crippen molar-refractivity contribution in [1.82, 2.24) is 14.8 Å². The maximum atomic E-state index is 12.9. The molecule has 2 unspecified atom stereocenters. The first kappa shape index (κ1) is 20.0. The van der Waals surface area contributed by atoms with Crippen LogP contribution in [0.2, 0.25) is 0 Å². The van der Waals surface area contributed by atoms with Crippen LogP contribution in [0.15, 0.2) is 61.2 Å². The number of nitrogens with one attached hydrogen (secondary N) is 2. The summed E-state index contributed by atoms with van der Waals surface area (Å²) in [5.41, 5.74) is 1.13. The quantitative estimate of drug-likeness (QED) is 0.639. The van der Waals surface area contributed by atoms with Crippen molar-refractivity contribution in [1.29, 1.82) is 0 Å². The Morgan fingerprint density at radius 2 is 1.55 bits per heavy atom. The van der Waals surface area contributed by atoms with Gasteiger partial charge < -0.3 is 15.4 Å². The van der Waals surface area contributed by atoms with Crippen LogP contribution in [0.1, 0.15) is 19.9 Å². The maximum absolute atomic E-state index is 12.9. The number of halogens is 1. The number of benzene rings is 2. The van der Waals surface area contributed by atoms with Crippen LogP contribution in [0.5, 0.6) is 5.75 Å². The van der Waals surface area contributed by atoms with E-state index in [0.29, 0.717) is 17.1 Å². The van der Waals surface area contributed by atoms with Gasteiger partial charge >= 0.3 is 0 Å². The molecule has 9 heteroatoms. The number of rotatable bonds is 7. The topological polar surface area (TPSA) is 98.1 Å². The minimum atomic E-state index is -0.775. The molecule has 0 saturated carbocycles. The highest BCUT2D eigenvalue weighted by Crippen LogP contribution is 2.17. The van der Waals surface area contributed by atoms with Crippen molar-refractivity contribution in [2.45, 2.75) is 26.0 Å². The van der Waals surface area contributed by atoms with Crippen LogP contribution in [0.4, 0.5) is 15.8 Å². The Kier molecular flexibility index (Phi) is 6.18. The average molecular weight is 397 g/mol. The highest BCUT2D eigenvalue weighted by molar-refractivity contribution is 5.95. The highest BCUT2D eigenvalue weighted by atomic mass is 19.1. The van der Waals surface area contributed by atoms with Crippen LogP contribution in [0, 0.1) is 5.82 Å². The number of hydrogen-bond donors (Lipinski definition) is 2. The van der Waals surface area contributed by atoms with E-state index in [1.54, 1.807) is 38.1 Å². The standard InChI is InChI=1S/C20H20FN5O3/c1-13(26-12-22-11-23-26)19(27)24-16-5-7-17(8-6-16)25-20(28)14(2)29-18-9-3-15(21)4-10-18/h3-14H,1-2H3,(H,24,27)(H,25,28). The van der Waals surface area contributed by atoms with E-state index in [9.17, 15) is 14.0 Å². The number of ether oxygens (including phenoxy) is 1. The van der Waals surface area contributed by atoms with Gasteiger partial charge in [-0.1, -0.05) is 0 Å². The molecule has 29 heavy (non-hydrogen) atoms. The van der Waals surface area contributed by atoms with Crippen molar-refractivity contribution < 1.29 is 18.7 Å². The number of aromatic nitrogens is 3. The van der Waals surface area contributed by atoms with Gasteiger partial charge in [-0.3, -0.25) is 9.59 Å². The smallest absolute Gasteiger partial charge is 0.265 e. The molecule has 0 radical (unpaired) electrons. The van der Waals surface area contributed by atoms with Crippen molar-refractivity contribution >= 4 is 23.2 Å². The lowest BCUT2D eigenvalue weighted by molar-refractivity contribution is -0.122. The van der Waals surface area contributed by atoms with Gasteiger partial charge in [0.15, 0.2) is 6.10 Å². The molecular formula is C20H20FN5O3. The highest BCUT2D eigenvalue weighted by Gasteiger charge is 2.17. The Morgan fingerprint density at radius 1 is 0.966 bits per heavy atom. The Hall–Kier alpha value is -3.75. The molecule has 2 atom stereocenters. The van der Waals surface area contributed by atoms with Crippen molar-refractivity contribution in [2.75, 3.05) is 10.6 Å². The van der Waals surface area contributed by atoms with Gasteiger partial charge in [0.1, 0.15) is 30.3 Å². The molecule has 2 N–H and O–H groups in total. The van der Waals surface area contributed by atoms with E-state index in [-0.39, 0.29) is 17.6 Å². The van der Waals surface area contributed by atoms with Crippen LogP contribution >= 0.6 is 0 Å². The Bertz CT molecular complexity index is 959. The van der Waals surface area contributed by atoms with Crippen molar-refractivity contribution in [3.63, 3.8) is 0 Å². The second-order valence-corrected chi connectivity index (χ2v) is 6.32. The lowest BCUT2D eigenvalue weighted by Crippen LogP contribution is -2.30. The molecule has 1 aromatic heterocycles. The molecule has 0 aliphatic rings. The summed E-state index contributed by atoms with van der Waals surface area (Å²) in [7, 11) is 0. The van der Waals surface area contributed by atoms with Crippen molar-refractivity contribution in [2.24, 2.45) is 0 Å². The zero-order valence-corrected chi connectivity index (χ0v) is 15.9. The van der Waals surface area contributed by atoms with Crippen LogP contribution in [0.3, 0.4) is 0 Å². The first-order valence-electron chi connectivity index (χ1n) is 8.90. The lowest BCUT2D eigenvalue weighted by atomic mass is 10.2. The first-order chi connectivity index (χ1) is 13.9. The molecule has 0 aliphatic carbocycles. The van der Waals surface area contributed by atoms with E-state index >= 15 is 0 Å². The summed E-state index contributed by atoms with van der Waals surface area (Å²) >= 11 is 0. The molecule has 150 valence electrons. The van der Waals surface area contributed by atoms with Gasteiger partial charge in [0.25, 0.3) is 5.91 Å². The second-order valence-electron chi connectivity index (χ2n) is 6.32. The molecule has 8 nitrogen and oxygen atoms in total.